The highest BCUT2D eigenvalue weighted by Gasteiger charge is 2.22. The van der Waals surface area contributed by atoms with Crippen molar-refractivity contribution in [3.8, 4) is 23.0 Å². The lowest BCUT2D eigenvalue weighted by atomic mass is 10.2. The number of rotatable bonds is 13. The smallest absolute Gasteiger partial charge is 0.260 e. The molecule has 2 rings (SSSR count). The number of carbonyl (C=O) groups excluding carboxylic acids is 1. The van der Waals surface area contributed by atoms with E-state index in [4.69, 9.17) is 18.9 Å². The number of hydrogen-bond acceptors (Lipinski definition) is 8. The Morgan fingerprint density at radius 3 is 2.32 bits per heavy atom. The minimum Gasteiger partial charge on any atom is -0.493 e. The molecule has 0 saturated heterocycles. The highest BCUT2D eigenvalue weighted by Crippen LogP contribution is 2.32. The third kappa shape index (κ3) is 7.55. The zero-order valence-corrected chi connectivity index (χ0v) is 20.8. The van der Waals surface area contributed by atoms with Crippen LogP contribution in [0.4, 0.5) is 5.69 Å². The van der Waals surface area contributed by atoms with Crippen molar-refractivity contribution in [1.29, 1.82) is 0 Å². The summed E-state index contributed by atoms with van der Waals surface area (Å²) < 4.78 is 47.3. The number of nitrogens with zero attached hydrogens (tertiary/aromatic N) is 2. The van der Waals surface area contributed by atoms with Crippen molar-refractivity contribution in [1.82, 2.24) is 5.43 Å². The molecule has 0 heterocycles. The van der Waals surface area contributed by atoms with Crippen LogP contribution in [-0.2, 0) is 14.8 Å². The third-order valence-electron chi connectivity index (χ3n) is 4.47. The van der Waals surface area contributed by atoms with Gasteiger partial charge in [-0.25, -0.2) is 13.8 Å². The molecule has 0 aliphatic carbocycles. The van der Waals surface area contributed by atoms with Gasteiger partial charge in [0, 0.05) is 6.07 Å². The van der Waals surface area contributed by atoms with Crippen molar-refractivity contribution in [3.63, 3.8) is 0 Å². The van der Waals surface area contributed by atoms with E-state index in [1.807, 2.05) is 13.8 Å². The van der Waals surface area contributed by atoms with Crippen LogP contribution >= 0.6 is 0 Å². The van der Waals surface area contributed by atoms with Crippen LogP contribution in [0, 0.1) is 0 Å². The SMILES string of the molecule is CCCOc1ccc(/C=N\NC(=O)CN(c2ccc(OC)c(OC)c2)S(C)(=O)=O)cc1OCC. The van der Waals surface area contributed by atoms with Crippen LogP contribution in [0.1, 0.15) is 25.8 Å². The van der Waals surface area contributed by atoms with Crippen molar-refractivity contribution < 1.29 is 32.2 Å². The maximum Gasteiger partial charge on any atom is 0.260 e. The van der Waals surface area contributed by atoms with Crippen molar-refractivity contribution in [2.75, 3.05) is 44.5 Å². The minimum absolute atomic E-state index is 0.253. The minimum atomic E-state index is -3.77. The summed E-state index contributed by atoms with van der Waals surface area (Å²) in [6.07, 6.45) is 3.32. The predicted molar refractivity (Wildman–Crippen MR) is 131 cm³/mol. The molecule has 0 bridgehead atoms. The molecule has 0 spiro atoms. The van der Waals surface area contributed by atoms with Crippen molar-refractivity contribution in [3.05, 3.63) is 42.0 Å². The van der Waals surface area contributed by atoms with Gasteiger partial charge in [-0.05, 0) is 49.2 Å². The molecule has 10 nitrogen and oxygen atoms in total. The van der Waals surface area contributed by atoms with Crippen LogP contribution in [0.3, 0.4) is 0 Å². The molecule has 1 N–H and O–H groups in total. The molecule has 0 radical (unpaired) electrons. The van der Waals surface area contributed by atoms with Crippen LogP contribution in [0.2, 0.25) is 0 Å². The molecule has 0 aliphatic heterocycles. The first-order chi connectivity index (χ1) is 16.2. The summed E-state index contributed by atoms with van der Waals surface area (Å²) in [6.45, 7) is 4.45. The normalized spacial score (nSPS) is 11.2. The second-order valence-electron chi connectivity index (χ2n) is 7.09. The molecule has 0 aromatic heterocycles. The van der Waals surface area contributed by atoms with Crippen LogP contribution < -0.4 is 28.7 Å². The van der Waals surface area contributed by atoms with Gasteiger partial charge in [-0.15, -0.1) is 0 Å². The van der Waals surface area contributed by atoms with Crippen molar-refractivity contribution in [2.45, 2.75) is 20.3 Å². The number of sulfonamides is 1. The monoisotopic (exact) mass is 493 g/mol. The quantitative estimate of drug-likeness (QED) is 0.337. The zero-order chi connectivity index (χ0) is 25.1. The van der Waals surface area contributed by atoms with Crippen molar-refractivity contribution in [2.24, 2.45) is 5.10 Å². The molecule has 11 heteroatoms. The van der Waals surface area contributed by atoms with E-state index in [0.717, 1.165) is 17.0 Å². The van der Waals surface area contributed by atoms with Gasteiger partial charge in [0.05, 0.1) is 45.6 Å². The molecule has 34 heavy (non-hydrogen) atoms. The fourth-order valence-corrected chi connectivity index (χ4v) is 3.78. The number of hydrogen-bond donors (Lipinski definition) is 1. The van der Waals surface area contributed by atoms with Crippen LogP contribution in [0.25, 0.3) is 0 Å². The molecule has 0 atom stereocenters. The van der Waals surface area contributed by atoms with Gasteiger partial charge in [-0.3, -0.25) is 9.10 Å². The summed E-state index contributed by atoms with van der Waals surface area (Å²) in [7, 11) is -0.855. The Morgan fingerprint density at radius 2 is 1.71 bits per heavy atom. The summed E-state index contributed by atoms with van der Waals surface area (Å²) >= 11 is 0. The summed E-state index contributed by atoms with van der Waals surface area (Å²) in [4.78, 5) is 12.5. The van der Waals surface area contributed by atoms with Gasteiger partial charge in [-0.1, -0.05) is 6.92 Å². The average Bonchev–Trinajstić information content (AvgIpc) is 2.81. The molecular weight excluding hydrogens is 462 g/mol. The zero-order valence-electron chi connectivity index (χ0n) is 20.0. The van der Waals surface area contributed by atoms with Crippen LogP contribution in [0.5, 0.6) is 23.0 Å². The molecule has 2 aromatic rings. The summed E-state index contributed by atoms with van der Waals surface area (Å²) in [6, 6.07) is 9.86. The summed E-state index contributed by atoms with van der Waals surface area (Å²) in [5.41, 5.74) is 3.28. The van der Waals surface area contributed by atoms with Gasteiger partial charge in [0.25, 0.3) is 5.91 Å². The largest absolute Gasteiger partial charge is 0.493 e. The fourth-order valence-electron chi connectivity index (χ4n) is 2.93. The maximum absolute atomic E-state index is 12.5. The van der Waals surface area contributed by atoms with E-state index in [2.05, 4.69) is 10.5 Å². The Morgan fingerprint density at radius 1 is 1.00 bits per heavy atom. The Labute approximate surface area is 200 Å². The second-order valence-corrected chi connectivity index (χ2v) is 9.00. The van der Waals surface area contributed by atoms with E-state index < -0.39 is 22.5 Å². The van der Waals surface area contributed by atoms with E-state index in [-0.39, 0.29) is 5.69 Å². The van der Waals surface area contributed by atoms with E-state index in [1.165, 1.54) is 32.6 Å². The Bertz CT molecular complexity index is 1100. The van der Waals surface area contributed by atoms with Crippen molar-refractivity contribution >= 4 is 27.8 Å². The topological polar surface area (TPSA) is 116 Å². The van der Waals surface area contributed by atoms with Gasteiger partial charge in [0.15, 0.2) is 23.0 Å². The lowest BCUT2D eigenvalue weighted by Gasteiger charge is -2.22. The Balaban J connectivity index is 2.13. The Hall–Kier alpha value is -3.47. The molecule has 0 saturated carbocycles. The molecule has 0 unspecified atom stereocenters. The van der Waals surface area contributed by atoms with E-state index in [0.29, 0.717) is 41.8 Å². The number of carbonyl (C=O) groups is 1. The van der Waals surface area contributed by atoms with Gasteiger partial charge >= 0.3 is 0 Å². The number of hydrazone groups is 1. The first-order valence-corrected chi connectivity index (χ1v) is 12.5. The number of amides is 1. The van der Waals surface area contributed by atoms with E-state index >= 15 is 0 Å². The highest BCUT2D eigenvalue weighted by molar-refractivity contribution is 7.92. The number of ether oxygens (including phenoxy) is 4. The Kier molecular flexibility index (Phi) is 9.99. The summed E-state index contributed by atoms with van der Waals surface area (Å²) in [5, 5.41) is 3.94. The maximum atomic E-state index is 12.5. The highest BCUT2D eigenvalue weighted by atomic mass is 32.2. The molecule has 0 aliphatic rings. The van der Waals surface area contributed by atoms with Gasteiger partial charge < -0.3 is 18.9 Å². The first-order valence-electron chi connectivity index (χ1n) is 10.6. The third-order valence-corrected chi connectivity index (χ3v) is 5.62. The lowest BCUT2D eigenvalue weighted by Crippen LogP contribution is -2.39. The lowest BCUT2D eigenvalue weighted by molar-refractivity contribution is -0.119. The number of anilines is 1. The number of benzene rings is 2. The predicted octanol–water partition coefficient (Wildman–Crippen LogP) is 2.81. The first kappa shape index (κ1) is 26.8. The van der Waals surface area contributed by atoms with Crippen LogP contribution in [-0.4, -0.2) is 60.8 Å². The molecule has 0 fully saturated rings. The van der Waals surface area contributed by atoms with Gasteiger partial charge in [0.1, 0.15) is 6.54 Å². The number of nitrogens with one attached hydrogen (secondary N) is 1. The molecule has 186 valence electrons. The standard InChI is InChI=1S/C23H31N3O7S/c1-6-12-33-20-10-8-17(13-22(20)32-7-2)15-24-25-23(27)16-26(34(5,28)29)18-9-11-19(30-3)21(14-18)31-4/h8-11,13-15H,6-7,12,16H2,1-5H3,(H,25,27)/b24-15-. The van der Waals surface area contributed by atoms with Gasteiger partial charge in [0.2, 0.25) is 10.0 Å². The van der Waals surface area contributed by atoms with E-state index in [1.54, 1.807) is 24.3 Å². The molecule has 2 aromatic carbocycles. The van der Waals surface area contributed by atoms with Gasteiger partial charge in [-0.2, -0.15) is 5.10 Å². The number of methoxy groups -OCH3 is 2. The van der Waals surface area contributed by atoms with E-state index in [9.17, 15) is 13.2 Å². The average molecular weight is 494 g/mol. The molecular formula is C23H31N3O7S. The second kappa shape index (κ2) is 12.7. The molecule has 1 amide bonds. The van der Waals surface area contributed by atoms with Crippen LogP contribution in [0.15, 0.2) is 41.5 Å². The fraction of sp³-hybridized carbons (Fsp3) is 0.391. The summed E-state index contributed by atoms with van der Waals surface area (Å²) in [5.74, 6) is 1.35.